The van der Waals surface area contributed by atoms with Gasteiger partial charge in [-0.1, -0.05) is 45.0 Å². The van der Waals surface area contributed by atoms with Crippen molar-refractivity contribution in [3.8, 4) is 28.3 Å². The van der Waals surface area contributed by atoms with Crippen molar-refractivity contribution in [1.29, 1.82) is 0 Å². The lowest BCUT2D eigenvalue weighted by molar-refractivity contribution is -0.140. The standard InChI is InChI=1S/C34H37F3N4O5S/c1-6-46-25-15-22(14-24(16-25)34(35,36)37)23-17-38-29(39-18-23)21-9-7-20(8-10-21)13-26(30(42)40-19(2)32(44)45)41-31(43)27-11-12-28(47-27)33(3,4)5/h7-12,14-19,26,30,40,42H,6,13H2,1-5H3,(H,41,43)(H,44,45)/t19-,26+,30?/m1/s1. The van der Waals surface area contributed by atoms with E-state index < -0.39 is 41.9 Å². The van der Waals surface area contributed by atoms with E-state index in [0.29, 0.717) is 21.8 Å². The molecule has 0 bridgehead atoms. The number of carboxylic acid groups (broad SMARTS) is 1. The first kappa shape index (κ1) is 35.5. The van der Waals surface area contributed by atoms with Crippen molar-refractivity contribution in [2.24, 2.45) is 0 Å². The molecule has 13 heteroatoms. The second-order valence-corrected chi connectivity index (χ2v) is 13.1. The zero-order chi connectivity index (χ0) is 34.5. The number of nitrogens with zero attached hydrogens (tertiary/aromatic N) is 2. The van der Waals surface area contributed by atoms with Gasteiger partial charge in [0.15, 0.2) is 5.82 Å². The highest BCUT2D eigenvalue weighted by Gasteiger charge is 2.32. The minimum Gasteiger partial charge on any atom is -0.494 e. The molecule has 1 unspecified atom stereocenters. The number of nitrogens with one attached hydrogen (secondary N) is 2. The molecule has 2 aromatic heterocycles. The summed E-state index contributed by atoms with van der Waals surface area (Å²) in [6.45, 7) is 9.42. The van der Waals surface area contributed by atoms with Gasteiger partial charge in [0.25, 0.3) is 5.91 Å². The topological polar surface area (TPSA) is 134 Å². The number of aliphatic carboxylic acids is 1. The monoisotopic (exact) mass is 670 g/mol. The molecule has 0 saturated carbocycles. The van der Waals surface area contributed by atoms with Crippen LogP contribution in [0.25, 0.3) is 22.5 Å². The molecule has 0 fully saturated rings. The van der Waals surface area contributed by atoms with Crippen molar-refractivity contribution >= 4 is 23.2 Å². The second kappa shape index (κ2) is 14.6. The molecule has 0 aliphatic heterocycles. The van der Waals surface area contributed by atoms with Crippen molar-refractivity contribution in [2.75, 3.05) is 6.61 Å². The summed E-state index contributed by atoms with van der Waals surface area (Å²) in [6.07, 6.45) is -2.88. The summed E-state index contributed by atoms with van der Waals surface area (Å²) in [4.78, 5) is 34.8. The van der Waals surface area contributed by atoms with Crippen LogP contribution in [0.15, 0.2) is 67.0 Å². The van der Waals surface area contributed by atoms with Gasteiger partial charge >= 0.3 is 12.1 Å². The van der Waals surface area contributed by atoms with E-state index in [2.05, 4.69) is 20.6 Å². The van der Waals surface area contributed by atoms with Crippen molar-refractivity contribution in [3.05, 3.63) is 87.9 Å². The number of carbonyl (C=O) groups excluding carboxylic acids is 1. The molecule has 3 atom stereocenters. The number of ether oxygens (including phenoxy) is 1. The highest BCUT2D eigenvalue weighted by molar-refractivity contribution is 7.14. The number of halogens is 3. The maximum atomic E-state index is 13.5. The number of benzene rings is 2. The molecule has 4 aromatic rings. The SMILES string of the molecule is CCOc1cc(-c2cnc(-c3ccc(C[C@H](NC(=O)c4ccc(C(C)(C)C)s4)C(O)N[C@H](C)C(=O)O)cc3)nc2)cc(C(F)(F)F)c1. The largest absolute Gasteiger partial charge is 0.494 e. The van der Waals surface area contributed by atoms with Gasteiger partial charge in [-0.25, -0.2) is 9.97 Å². The summed E-state index contributed by atoms with van der Waals surface area (Å²) in [7, 11) is 0. The molecule has 0 saturated heterocycles. The molecule has 0 spiro atoms. The number of aliphatic hydroxyl groups is 1. The number of aliphatic hydroxyl groups excluding tert-OH is 1. The third-order valence-corrected chi connectivity index (χ3v) is 8.77. The first-order valence-corrected chi connectivity index (χ1v) is 15.7. The van der Waals surface area contributed by atoms with E-state index in [1.54, 1.807) is 37.3 Å². The number of carbonyl (C=O) groups is 2. The predicted octanol–water partition coefficient (Wildman–Crippen LogP) is 6.31. The first-order chi connectivity index (χ1) is 22.0. The lowest BCUT2D eigenvalue weighted by atomic mass is 9.95. The van der Waals surface area contributed by atoms with Gasteiger partial charge in [-0.05, 0) is 67.1 Å². The summed E-state index contributed by atoms with van der Waals surface area (Å²) >= 11 is 1.35. The highest BCUT2D eigenvalue weighted by atomic mass is 32.1. The van der Waals surface area contributed by atoms with Crippen LogP contribution in [0, 0.1) is 0 Å². The average Bonchev–Trinajstić information content (AvgIpc) is 3.52. The number of alkyl halides is 3. The summed E-state index contributed by atoms with van der Waals surface area (Å²) < 4.78 is 45.7. The lowest BCUT2D eigenvalue weighted by Gasteiger charge is -2.26. The number of hydrogen-bond acceptors (Lipinski definition) is 8. The van der Waals surface area contributed by atoms with Gasteiger partial charge in [0.05, 0.1) is 23.1 Å². The van der Waals surface area contributed by atoms with E-state index in [1.165, 1.54) is 36.7 Å². The van der Waals surface area contributed by atoms with E-state index >= 15 is 0 Å². The fourth-order valence-electron chi connectivity index (χ4n) is 4.64. The first-order valence-electron chi connectivity index (χ1n) is 14.9. The Hall–Kier alpha value is -4.33. The van der Waals surface area contributed by atoms with Crippen LogP contribution < -0.4 is 15.4 Å². The van der Waals surface area contributed by atoms with Crippen LogP contribution >= 0.6 is 11.3 Å². The van der Waals surface area contributed by atoms with E-state index in [9.17, 15) is 33.0 Å². The smallest absolute Gasteiger partial charge is 0.416 e. The number of rotatable bonds is 12. The number of amides is 1. The van der Waals surface area contributed by atoms with Crippen LogP contribution in [0.2, 0.25) is 0 Å². The fraction of sp³-hybridized carbons (Fsp3) is 0.353. The lowest BCUT2D eigenvalue weighted by Crippen LogP contribution is -2.54. The van der Waals surface area contributed by atoms with Crippen LogP contribution in [0.4, 0.5) is 13.2 Å². The number of aromatic nitrogens is 2. The maximum absolute atomic E-state index is 13.5. The molecule has 2 aromatic carbocycles. The normalized spacial score (nSPS) is 13.9. The predicted molar refractivity (Wildman–Crippen MR) is 173 cm³/mol. The van der Waals surface area contributed by atoms with Crippen LogP contribution in [0.3, 0.4) is 0 Å². The van der Waals surface area contributed by atoms with Gasteiger partial charge in [-0.15, -0.1) is 11.3 Å². The van der Waals surface area contributed by atoms with E-state index in [1.807, 2.05) is 26.8 Å². The Labute approximate surface area is 274 Å². The highest BCUT2D eigenvalue weighted by Crippen LogP contribution is 2.36. The van der Waals surface area contributed by atoms with Gasteiger partial charge in [0.1, 0.15) is 18.0 Å². The summed E-state index contributed by atoms with van der Waals surface area (Å²) in [6, 6.07) is 12.2. The molecule has 0 aliphatic rings. The van der Waals surface area contributed by atoms with Crippen molar-refractivity contribution in [3.63, 3.8) is 0 Å². The number of carboxylic acids is 1. The molecular weight excluding hydrogens is 633 g/mol. The molecule has 4 rings (SSSR count). The van der Waals surface area contributed by atoms with Gasteiger partial charge in [0, 0.05) is 28.4 Å². The molecule has 0 radical (unpaired) electrons. The average molecular weight is 671 g/mol. The quantitative estimate of drug-likeness (QED) is 0.129. The Balaban J connectivity index is 1.52. The Morgan fingerprint density at radius 2 is 1.62 bits per heavy atom. The van der Waals surface area contributed by atoms with Crippen molar-refractivity contribution < 1.29 is 37.7 Å². The maximum Gasteiger partial charge on any atom is 0.416 e. The zero-order valence-electron chi connectivity index (χ0n) is 26.6. The molecule has 9 nitrogen and oxygen atoms in total. The van der Waals surface area contributed by atoms with Gasteiger partial charge in [-0.3, -0.25) is 14.9 Å². The van der Waals surface area contributed by atoms with E-state index in [4.69, 9.17) is 4.74 Å². The third-order valence-electron chi connectivity index (χ3n) is 7.26. The van der Waals surface area contributed by atoms with Gasteiger partial charge in [0.2, 0.25) is 0 Å². The van der Waals surface area contributed by atoms with Crippen LogP contribution in [-0.2, 0) is 22.8 Å². The van der Waals surface area contributed by atoms with E-state index in [-0.39, 0.29) is 29.8 Å². The van der Waals surface area contributed by atoms with Gasteiger partial charge < -0.3 is 20.3 Å². The molecule has 1 amide bonds. The fourth-order valence-corrected chi connectivity index (χ4v) is 5.60. The second-order valence-electron chi connectivity index (χ2n) is 12.0. The summed E-state index contributed by atoms with van der Waals surface area (Å²) in [5.74, 6) is -1.11. The van der Waals surface area contributed by atoms with Crippen LogP contribution in [0.5, 0.6) is 5.75 Å². The van der Waals surface area contributed by atoms with Crippen LogP contribution in [0.1, 0.15) is 60.3 Å². The number of hydrogen-bond donors (Lipinski definition) is 4. The number of thiophene rings is 1. The van der Waals surface area contributed by atoms with Crippen molar-refractivity contribution in [1.82, 2.24) is 20.6 Å². The minimum atomic E-state index is -4.55. The Morgan fingerprint density at radius 1 is 0.957 bits per heavy atom. The Kier molecular flexibility index (Phi) is 11.0. The third kappa shape index (κ3) is 9.37. The molecule has 2 heterocycles. The molecule has 4 N–H and O–H groups in total. The summed E-state index contributed by atoms with van der Waals surface area (Å²) in [5.41, 5.74) is 1.03. The molecular formula is C34H37F3N4O5S. The van der Waals surface area contributed by atoms with E-state index in [0.717, 1.165) is 22.6 Å². The van der Waals surface area contributed by atoms with Crippen molar-refractivity contribution in [2.45, 2.75) is 70.9 Å². The molecule has 250 valence electrons. The Morgan fingerprint density at radius 3 is 2.17 bits per heavy atom. The summed E-state index contributed by atoms with van der Waals surface area (Å²) in [5, 5.41) is 25.7. The van der Waals surface area contributed by atoms with Crippen LogP contribution in [-0.4, -0.2) is 57.0 Å². The molecule has 0 aliphatic carbocycles. The minimum absolute atomic E-state index is 0.0919. The van der Waals surface area contributed by atoms with Gasteiger partial charge in [-0.2, -0.15) is 13.2 Å². The molecule has 47 heavy (non-hydrogen) atoms. The Bertz CT molecular complexity index is 1690. The zero-order valence-corrected chi connectivity index (χ0v) is 27.4.